The van der Waals surface area contributed by atoms with Gasteiger partial charge in [-0.25, -0.2) is 4.39 Å². The van der Waals surface area contributed by atoms with E-state index in [1.165, 1.54) is 10.4 Å². The summed E-state index contributed by atoms with van der Waals surface area (Å²) in [4.78, 5) is 1.21. The third kappa shape index (κ3) is 3.48. The maximum Gasteiger partial charge on any atom is 0.126 e. The predicted octanol–water partition coefficient (Wildman–Crippen LogP) is 5.36. The lowest BCUT2D eigenvalue weighted by molar-refractivity contribution is 0.587. The fraction of sp³-hybridized carbons (Fsp3) is 0.375. The molecule has 1 heterocycles. The number of thiophene rings is 1. The summed E-state index contributed by atoms with van der Waals surface area (Å²) < 4.78 is 15.0. The number of halogens is 2. The van der Waals surface area contributed by atoms with Crippen LogP contribution in [0.5, 0.6) is 0 Å². The van der Waals surface area contributed by atoms with Gasteiger partial charge in [0.05, 0.1) is 9.83 Å². The summed E-state index contributed by atoms with van der Waals surface area (Å²) in [6.07, 6.45) is 1.05. The fourth-order valence-corrected chi connectivity index (χ4v) is 3.76. The van der Waals surface area contributed by atoms with Gasteiger partial charge in [0.1, 0.15) is 5.82 Å². The molecule has 0 fully saturated rings. The van der Waals surface area contributed by atoms with E-state index in [0.717, 1.165) is 22.3 Å². The molecule has 1 atom stereocenters. The lowest BCUT2D eigenvalue weighted by Gasteiger charge is -2.18. The first-order valence-corrected chi connectivity index (χ1v) is 8.39. The molecule has 0 aliphatic heterocycles. The van der Waals surface area contributed by atoms with Gasteiger partial charge in [-0.15, -0.1) is 11.3 Å². The van der Waals surface area contributed by atoms with Crippen molar-refractivity contribution in [3.05, 3.63) is 55.4 Å². The number of aryl methyl sites for hydroxylation is 2. The Bertz CT molecular complexity index is 575. The molecular formula is C16H19BrFNS. The number of benzene rings is 1. The predicted molar refractivity (Wildman–Crippen MR) is 88.0 cm³/mol. The molecule has 1 N–H and O–H groups in total. The van der Waals surface area contributed by atoms with Crippen molar-refractivity contribution in [1.82, 2.24) is 5.32 Å². The van der Waals surface area contributed by atoms with Crippen LogP contribution in [-0.4, -0.2) is 6.54 Å². The second-order valence-electron chi connectivity index (χ2n) is 5.00. The summed E-state index contributed by atoms with van der Waals surface area (Å²) >= 11 is 5.28. The zero-order valence-electron chi connectivity index (χ0n) is 12.0. The maximum absolute atomic E-state index is 13.8. The van der Waals surface area contributed by atoms with Crippen LogP contribution in [0.2, 0.25) is 0 Å². The normalized spacial score (nSPS) is 12.7. The van der Waals surface area contributed by atoms with Crippen LogP contribution in [0.25, 0.3) is 0 Å². The second-order valence-corrected chi connectivity index (χ2v) is 7.40. The molecule has 1 nitrogen and oxygen atoms in total. The van der Waals surface area contributed by atoms with E-state index in [0.29, 0.717) is 5.56 Å². The molecule has 4 heteroatoms. The minimum Gasteiger partial charge on any atom is -0.306 e. The molecule has 0 spiro atoms. The zero-order valence-corrected chi connectivity index (χ0v) is 14.4. The SMILES string of the molecule is CCCNC(c1ccc(C)c(F)c1)c1cc(C)c(Br)s1. The lowest BCUT2D eigenvalue weighted by Crippen LogP contribution is -2.22. The highest BCUT2D eigenvalue weighted by Gasteiger charge is 2.17. The summed E-state index contributed by atoms with van der Waals surface area (Å²) in [6.45, 7) is 6.92. The molecule has 108 valence electrons. The third-order valence-corrected chi connectivity index (χ3v) is 5.49. The van der Waals surface area contributed by atoms with E-state index in [2.05, 4.69) is 41.2 Å². The zero-order chi connectivity index (χ0) is 14.7. The van der Waals surface area contributed by atoms with E-state index in [4.69, 9.17) is 0 Å². The molecule has 0 aliphatic rings. The largest absolute Gasteiger partial charge is 0.306 e. The molecule has 1 unspecified atom stereocenters. The Morgan fingerprint density at radius 3 is 2.55 bits per heavy atom. The van der Waals surface area contributed by atoms with E-state index >= 15 is 0 Å². The van der Waals surface area contributed by atoms with Crippen LogP contribution in [0.4, 0.5) is 4.39 Å². The Morgan fingerprint density at radius 2 is 2.00 bits per heavy atom. The molecule has 0 bridgehead atoms. The summed E-state index contributed by atoms with van der Waals surface area (Å²) in [5.74, 6) is -0.141. The van der Waals surface area contributed by atoms with Crippen LogP contribution in [0.3, 0.4) is 0 Å². The van der Waals surface area contributed by atoms with Crippen molar-refractivity contribution >= 4 is 27.3 Å². The molecule has 2 rings (SSSR count). The van der Waals surface area contributed by atoms with Gasteiger partial charge in [0, 0.05) is 4.88 Å². The fourth-order valence-electron chi connectivity index (χ4n) is 2.09. The highest BCUT2D eigenvalue weighted by molar-refractivity contribution is 9.11. The van der Waals surface area contributed by atoms with E-state index in [1.54, 1.807) is 24.3 Å². The average molecular weight is 356 g/mol. The highest BCUT2D eigenvalue weighted by Crippen LogP contribution is 2.34. The topological polar surface area (TPSA) is 12.0 Å². The molecule has 0 amide bonds. The molecule has 0 aliphatic carbocycles. The van der Waals surface area contributed by atoms with E-state index < -0.39 is 0 Å². The van der Waals surface area contributed by atoms with E-state index in [1.807, 2.05) is 12.1 Å². The minimum absolute atomic E-state index is 0.0556. The van der Waals surface area contributed by atoms with Crippen LogP contribution in [0, 0.1) is 19.7 Å². The summed E-state index contributed by atoms with van der Waals surface area (Å²) in [6, 6.07) is 7.72. The van der Waals surface area contributed by atoms with Crippen LogP contribution >= 0.6 is 27.3 Å². The Kier molecular flexibility index (Phi) is 5.35. The number of hydrogen-bond acceptors (Lipinski definition) is 2. The number of hydrogen-bond donors (Lipinski definition) is 1. The first-order chi connectivity index (χ1) is 9.52. The minimum atomic E-state index is -0.141. The van der Waals surface area contributed by atoms with Gasteiger partial charge in [0.25, 0.3) is 0 Å². The van der Waals surface area contributed by atoms with Gasteiger partial charge in [-0.05, 0) is 71.6 Å². The molecular weight excluding hydrogens is 337 g/mol. The Labute approximate surface area is 132 Å². The van der Waals surface area contributed by atoms with E-state index in [9.17, 15) is 4.39 Å². The van der Waals surface area contributed by atoms with Crippen molar-refractivity contribution in [3.8, 4) is 0 Å². The molecule has 0 saturated carbocycles. The van der Waals surface area contributed by atoms with Gasteiger partial charge in [0.15, 0.2) is 0 Å². The molecule has 1 aromatic heterocycles. The van der Waals surface area contributed by atoms with Crippen LogP contribution in [0.15, 0.2) is 28.1 Å². The van der Waals surface area contributed by atoms with E-state index in [-0.39, 0.29) is 11.9 Å². The quantitative estimate of drug-likeness (QED) is 0.761. The van der Waals surface area contributed by atoms with Gasteiger partial charge in [-0.2, -0.15) is 0 Å². The molecule has 2 aromatic rings. The average Bonchev–Trinajstić information content (AvgIpc) is 2.74. The van der Waals surface area contributed by atoms with Crippen molar-refractivity contribution < 1.29 is 4.39 Å². The highest BCUT2D eigenvalue weighted by atomic mass is 79.9. The van der Waals surface area contributed by atoms with Crippen molar-refractivity contribution in [2.24, 2.45) is 0 Å². The third-order valence-electron chi connectivity index (χ3n) is 3.29. The van der Waals surface area contributed by atoms with Crippen molar-refractivity contribution in [3.63, 3.8) is 0 Å². The Hall–Kier alpha value is -0.710. The monoisotopic (exact) mass is 355 g/mol. The molecule has 0 radical (unpaired) electrons. The van der Waals surface area contributed by atoms with Gasteiger partial charge in [-0.3, -0.25) is 0 Å². The Balaban J connectivity index is 2.38. The summed E-state index contributed by atoms with van der Waals surface area (Å²) in [5.41, 5.74) is 2.89. The smallest absolute Gasteiger partial charge is 0.126 e. The lowest BCUT2D eigenvalue weighted by atomic mass is 10.0. The number of nitrogens with one attached hydrogen (secondary N) is 1. The summed E-state index contributed by atoms with van der Waals surface area (Å²) in [5, 5.41) is 3.51. The second kappa shape index (κ2) is 6.83. The molecule has 0 saturated heterocycles. The number of rotatable bonds is 5. The molecule has 20 heavy (non-hydrogen) atoms. The maximum atomic E-state index is 13.8. The van der Waals surface area contributed by atoms with Crippen LogP contribution < -0.4 is 5.32 Å². The Morgan fingerprint density at radius 1 is 1.25 bits per heavy atom. The van der Waals surface area contributed by atoms with Crippen LogP contribution in [0.1, 0.15) is 41.0 Å². The van der Waals surface area contributed by atoms with Crippen molar-refractivity contribution in [2.75, 3.05) is 6.54 Å². The van der Waals surface area contributed by atoms with Crippen LogP contribution in [-0.2, 0) is 0 Å². The van der Waals surface area contributed by atoms with Gasteiger partial charge >= 0.3 is 0 Å². The first kappa shape index (κ1) is 15.7. The van der Waals surface area contributed by atoms with Gasteiger partial charge < -0.3 is 5.32 Å². The first-order valence-electron chi connectivity index (χ1n) is 6.78. The molecule has 1 aromatic carbocycles. The van der Waals surface area contributed by atoms with Crippen molar-refractivity contribution in [2.45, 2.75) is 33.2 Å². The van der Waals surface area contributed by atoms with Gasteiger partial charge in [0.2, 0.25) is 0 Å². The van der Waals surface area contributed by atoms with Crippen molar-refractivity contribution in [1.29, 1.82) is 0 Å². The summed E-state index contributed by atoms with van der Waals surface area (Å²) in [7, 11) is 0. The van der Waals surface area contributed by atoms with Gasteiger partial charge in [-0.1, -0.05) is 19.1 Å². The standard InChI is InChI=1S/C16H19BrFNS/c1-4-7-19-15(14-8-11(3)16(17)20-14)12-6-5-10(2)13(18)9-12/h5-6,8-9,15,19H,4,7H2,1-3H3.